The lowest BCUT2D eigenvalue weighted by Crippen LogP contribution is -2.29. The van der Waals surface area contributed by atoms with Crippen molar-refractivity contribution in [1.82, 2.24) is 9.47 Å². The van der Waals surface area contributed by atoms with Gasteiger partial charge in [0.1, 0.15) is 11.4 Å². The zero-order chi connectivity index (χ0) is 20.9. The summed E-state index contributed by atoms with van der Waals surface area (Å²) in [6.45, 7) is 1.36. The Kier molecular flexibility index (Phi) is 4.47. The molecular formula is C21H14ClFN2O4. The largest absolute Gasteiger partial charge is 0.502 e. The van der Waals surface area contributed by atoms with E-state index in [4.69, 9.17) is 11.6 Å². The highest BCUT2D eigenvalue weighted by molar-refractivity contribution is 6.30. The summed E-state index contributed by atoms with van der Waals surface area (Å²) in [5.41, 5.74) is -0.0206. The molecule has 3 aromatic rings. The van der Waals surface area contributed by atoms with Gasteiger partial charge in [0.15, 0.2) is 5.75 Å². The number of halogens is 2. The van der Waals surface area contributed by atoms with Gasteiger partial charge in [-0.25, -0.2) is 4.39 Å². The zero-order valence-electron chi connectivity index (χ0n) is 15.1. The molecule has 0 saturated carbocycles. The summed E-state index contributed by atoms with van der Waals surface area (Å²) in [5, 5.41) is 10.3. The van der Waals surface area contributed by atoms with Gasteiger partial charge >= 0.3 is 0 Å². The maximum Gasteiger partial charge on any atom is 0.298 e. The van der Waals surface area contributed by atoms with E-state index in [9.17, 15) is 23.9 Å². The highest BCUT2D eigenvalue weighted by atomic mass is 35.5. The summed E-state index contributed by atoms with van der Waals surface area (Å²) in [7, 11) is 0. The molecule has 0 atom stereocenters. The van der Waals surface area contributed by atoms with Crippen molar-refractivity contribution in [3.63, 3.8) is 0 Å². The van der Waals surface area contributed by atoms with Crippen LogP contribution in [0.15, 0.2) is 53.3 Å². The molecule has 0 spiro atoms. The van der Waals surface area contributed by atoms with Crippen LogP contribution in [0, 0.1) is 12.7 Å². The summed E-state index contributed by atoms with van der Waals surface area (Å²) >= 11 is 5.77. The molecule has 1 N–H and O–H groups in total. The zero-order valence-corrected chi connectivity index (χ0v) is 15.9. The van der Waals surface area contributed by atoms with Gasteiger partial charge in [-0.2, -0.15) is 0 Å². The van der Waals surface area contributed by atoms with Gasteiger partial charge in [0, 0.05) is 11.4 Å². The fraction of sp³-hybridized carbons (Fsp3) is 0.0952. The van der Waals surface area contributed by atoms with E-state index in [1.165, 1.54) is 23.6 Å². The number of rotatable bonds is 3. The fourth-order valence-corrected chi connectivity index (χ4v) is 3.66. The Labute approximate surface area is 169 Å². The van der Waals surface area contributed by atoms with Gasteiger partial charge in [-0.15, -0.1) is 0 Å². The van der Waals surface area contributed by atoms with Gasteiger partial charge in [0.05, 0.1) is 17.1 Å². The third-order valence-corrected chi connectivity index (χ3v) is 5.14. The lowest BCUT2D eigenvalue weighted by atomic mass is 10.1. The van der Waals surface area contributed by atoms with Crippen LogP contribution in [0.3, 0.4) is 0 Å². The van der Waals surface area contributed by atoms with Crippen LogP contribution >= 0.6 is 11.6 Å². The number of carbonyl (C=O) groups is 2. The van der Waals surface area contributed by atoms with E-state index in [0.29, 0.717) is 11.3 Å². The highest BCUT2D eigenvalue weighted by Gasteiger charge is 2.41. The minimum absolute atomic E-state index is 0.0378. The molecule has 0 radical (unpaired) electrons. The van der Waals surface area contributed by atoms with E-state index < -0.39 is 28.9 Å². The maximum absolute atomic E-state index is 13.4. The van der Waals surface area contributed by atoms with Crippen LogP contribution in [0.5, 0.6) is 5.75 Å². The first kappa shape index (κ1) is 18.9. The van der Waals surface area contributed by atoms with E-state index in [0.717, 1.165) is 11.0 Å². The Morgan fingerprint density at radius 1 is 1.00 bits per heavy atom. The van der Waals surface area contributed by atoms with Gasteiger partial charge in [-0.05, 0) is 36.8 Å². The molecule has 0 aliphatic carbocycles. The summed E-state index contributed by atoms with van der Waals surface area (Å²) < 4.78 is 14.6. The predicted octanol–water partition coefficient (Wildman–Crippen LogP) is 3.44. The van der Waals surface area contributed by atoms with Crippen LogP contribution in [0.1, 0.15) is 32.0 Å². The number of para-hydroxylation sites is 1. The summed E-state index contributed by atoms with van der Waals surface area (Å²) in [6.07, 6.45) is 0. The van der Waals surface area contributed by atoms with Crippen molar-refractivity contribution in [2.75, 3.05) is 0 Å². The average Bonchev–Trinajstić information content (AvgIpc) is 2.95. The number of benzene rings is 2. The maximum atomic E-state index is 13.4. The van der Waals surface area contributed by atoms with Gasteiger partial charge < -0.3 is 5.11 Å². The molecule has 1 aliphatic rings. The topological polar surface area (TPSA) is 79.6 Å². The molecule has 8 heteroatoms. The second kappa shape index (κ2) is 6.86. The Hall–Kier alpha value is -3.45. The number of imide groups is 1. The number of aromatic nitrogens is 1. The number of fused-ring (bicyclic) bond motifs is 1. The minimum atomic E-state index is -0.791. The Morgan fingerprint density at radius 3 is 2.31 bits per heavy atom. The molecule has 0 saturated heterocycles. The second-order valence-electron chi connectivity index (χ2n) is 6.61. The average molecular weight is 413 g/mol. The van der Waals surface area contributed by atoms with Crippen LogP contribution in [0.4, 0.5) is 4.39 Å². The van der Waals surface area contributed by atoms with Crippen molar-refractivity contribution in [3.8, 4) is 11.4 Å². The lowest BCUT2D eigenvalue weighted by Gasteiger charge is -2.14. The number of carbonyl (C=O) groups excluding carboxylic acids is 2. The fourth-order valence-electron chi connectivity index (χ4n) is 3.46. The molecule has 2 heterocycles. The van der Waals surface area contributed by atoms with Gasteiger partial charge in [0.2, 0.25) is 0 Å². The molecule has 1 aliphatic heterocycles. The summed E-state index contributed by atoms with van der Waals surface area (Å²) in [6, 6.07) is 12.3. The number of hydrogen-bond acceptors (Lipinski definition) is 4. The normalized spacial score (nSPS) is 13.1. The van der Waals surface area contributed by atoms with Crippen LogP contribution < -0.4 is 5.56 Å². The molecule has 0 fully saturated rings. The van der Waals surface area contributed by atoms with E-state index in [1.807, 2.05) is 0 Å². The molecule has 146 valence electrons. The predicted molar refractivity (Wildman–Crippen MR) is 104 cm³/mol. The highest BCUT2D eigenvalue weighted by Crippen LogP contribution is 2.32. The Morgan fingerprint density at radius 2 is 1.66 bits per heavy atom. The van der Waals surface area contributed by atoms with E-state index in [2.05, 4.69) is 0 Å². The second-order valence-corrected chi connectivity index (χ2v) is 7.01. The van der Waals surface area contributed by atoms with Crippen molar-refractivity contribution >= 4 is 23.4 Å². The first-order chi connectivity index (χ1) is 13.8. The smallest absolute Gasteiger partial charge is 0.298 e. The van der Waals surface area contributed by atoms with Crippen LogP contribution in [-0.2, 0) is 6.54 Å². The molecule has 4 rings (SSSR count). The van der Waals surface area contributed by atoms with Crippen molar-refractivity contribution in [3.05, 3.63) is 92.1 Å². The van der Waals surface area contributed by atoms with Gasteiger partial charge in [-0.3, -0.25) is 23.9 Å². The molecule has 29 heavy (non-hydrogen) atoms. The third kappa shape index (κ3) is 2.91. The summed E-state index contributed by atoms with van der Waals surface area (Å²) in [4.78, 5) is 39.4. The summed E-state index contributed by atoms with van der Waals surface area (Å²) in [5.74, 6) is -2.84. The van der Waals surface area contributed by atoms with Gasteiger partial charge in [-0.1, -0.05) is 35.9 Å². The minimum Gasteiger partial charge on any atom is -0.502 e. The molecule has 2 amide bonds. The molecule has 6 nitrogen and oxygen atoms in total. The SMILES string of the molecule is Cc1c2c(c(O)c(=O)n1-c1ccccc1)C(=O)N(Cc1ccc(F)c(Cl)c1)C2=O. The molecule has 2 aromatic carbocycles. The van der Waals surface area contributed by atoms with Crippen molar-refractivity contribution in [2.24, 2.45) is 0 Å². The van der Waals surface area contributed by atoms with Crippen LogP contribution in [0.25, 0.3) is 5.69 Å². The monoisotopic (exact) mass is 412 g/mol. The van der Waals surface area contributed by atoms with Crippen LogP contribution in [-0.4, -0.2) is 26.4 Å². The third-order valence-electron chi connectivity index (χ3n) is 4.85. The van der Waals surface area contributed by atoms with E-state index in [-0.39, 0.29) is 28.4 Å². The molecular weight excluding hydrogens is 399 g/mol. The van der Waals surface area contributed by atoms with E-state index in [1.54, 1.807) is 30.3 Å². The van der Waals surface area contributed by atoms with E-state index >= 15 is 0 Å². The lowest BCUT2D eigenvalue weighted by molar-refractivity contribution is 0.0641. The quantitative estimate of drug-likeness (QED) is 0.668. The first-order valence-electron chi connectivity index (χ1n) is 8.65. The Balaban J connectivity index is 1.83. The number of amides is 2. The van der Waals surface area contributed by atoms with Crippen molar-refractivity contribution in [2.45, 2.75) is 13.5 Å². The van der Waals surface area contributed by atoms with Crippen molar-refractivity contribution in [1.29, 1.82) is 0 Å². The Bertz CT molecular complexity index is 1240. The van der Waals surface area contributed by atoms with Crippen LogP contribution in [0.2, 0.25) is 5.02 Å². The number of aromatic hydroxyl groups is 1. The number of pyridine rings is 1. The number of nitrogens with zero attached hydrogens (tertiary/aromatic N) is 2. The molecule has 1 aromatic heterocycles. The number of hydrogen-bond donors (Lipinski definition) is 1. The van der Waals surface area contributed by atoms with Crippen molar-refractivity contribution < 1.29 is 19.1 Å². The first-order valence-corrected chi connectivity index (χ1v) is 9.03. The molecule has 0 unspecified atom stereocenters. The van der Waals surface area contributed by atoms with Gasteiger partial charge in [0.25, 0.3) is 17.4 Å². The molecule has 0 bridgehead atoms. The standard InChI is InChI=1S/C21H14ClFN2O4/c1-11-16-17(18(26)21(29)25(11)13-5-3-2-4-6-13)20(28)24(19(16)27)10-12-7-8-15(23)14(22)9-12/h2-9,26H,10H2,1H3.